The largest absolute Gasteiger partial charge is 0.384 e. The van der Waals surface area contributed by atoms with Crippen LogP contribution in [0.3, 0.4) is 0 Å². The molecule has 1 atom stereocenters. The van der Waals surface area contributed by atoms with Gasteiger partial charge in [0.05, 0.1) is 6.04 Å². The van der Waals surface area contributed by atoms with E-state index >= 15 is 0 Å². The summed E-state index contributed by atoms with van der Waals surface area (Å²) in [5, 5.41) is 9.03. The second-order valence-corrected chi connectivity index (χ2v) is 4.03. The van der Waals surface area contributed by atoms with Crippen LogP contribution in [0.15, 0.2) is 11.4 Å². The van der Waals surface area contributed by atoms with Crippen molar-refractivity contribution in [2.75, 3.05) is 0 Å². The lowest BCUT2D eigenvalue weighted by Gasteiger charge is -2.09. The minimum absolute atomic E-state index is 0.0391. The highest BCUT2D eigenvalue weighted by atomic mass is 32.1. The summed E-state index contributed by atoms with van der Waals surface area (Å²) in [5.74, 6) is -0.345. The average Bonchev–Trinajstić information content (AvgIpc) is 2.62. The predicted molar refractivity (Wildman–Crippen MR) is 58.7 cm³/mol. The van der Waals surface area contributed by atoms with E-state index in [0.717, 1.165) is 4.88 Å². The van der Waals surface area contributed by atoms with Crippen molar-refractivity contribution < 1.29 is 9.63 Å². The quantitative estimate of drug-likeness (QED) is 0.409. The summed E-state index contributed by atoms with van der Waals surface area (Å²) in [6, 6.07) is 1.70. The molecule has 1 rings (SSSR count). The smallest absolute Gasteiger partial charge is 0.321 e. The van der Waals surface area contributed by atoms with E-state index < -0.39 is 0 Å². The molecule has 0 bridgehead atoms. The van der Waals surface area contributed by atoms with Crippen LogP contribution in [0.5, 0.6) is 0 Å². The van der Waals surface area contributed by atoms with Gasteiger partial charge in [-0.3, -0.25) is 10.2 Å². The Kier molecular flexibility index (Phi) is 3.81. The standard InChI is InChI=1S/C9H13N3O2S/c1-5(12-14-6(2)13)8-3-7(4-15-8)9(10)11/h3-5,12H,1-2H3,(H3,10,11). The lowest BCUT2D eigenvalue weighted by molar-refractivity contribution is -0.150. The molecule has 0 saturated heterocycles. The van der Waals surface area contributed by atoms with Gasteiger partial charge in [-0.15, -0.1) is 16.8 Å². The van der Waals surface area contributed by atoms with Crippen LogP contribution in [0.4, 0.5) is 0 Å². The number of hydrogen-bond donors (Lipinski definition) is 3. The van der Waals surface area contributed by atoms with Crippen molar-refractivity contribution >= 4 is 23.1 Å². The first-order valence-corrected chi connectivity index (χ1v) is 5.24. The van der Waals surface area contributed by atoms with Crippen LogP contribution in [-0.2, 0) is 9.63 Å². The maximum Gasteiger partial charge on any atom is 0.321 e. The zero-order valence-electron chi connectivity index (χ0n) is 8.53. The van der Waals surface area contributed by atoms with Gasteiger partial charge in [0.2, 0.25) is 0 Å². The Morgan fingerprint density at radius 2 is 2.40 bits per heavy atom. The highest BCUT2D eigenvalue weighted by molar-refractivity contribution is 7.10. The Morgan fingerprint density at radius 1 is 1.73 bits per heavy atom. The number of rotatable bonds is 4. The van der Waals surface area contributed by atoms with E-state index in [0.29, 0.717) is 5.56 Å². The number of amidine groups is 1. The lowest BCUT2D eigenvalue weighted by atomic mass is 10.2. The minimum Gasteiger partial charge on any atom is -0.384 e. The molecule has 15 heavy (non-hydrogen) atoms. The molecule has 5 nitrogen and oxygen atoms in total. The number of thiophene rings is 1. The first-order chi connectivity index (χ1) is 7.00. The molecular weight excluding hydrogens is 214 g/mol. The van der Waals surface area contributed by atoms with Crippen molar-refractivity contribution in [2.24, 2.45) is 5.73 Å². The van der Waals surface area contributed by atoms with E-state index in [1.807, 2.05) is 6.92 Å². The summed E-state index contributed by atoms with van der Waals surface area (Å²) >= 11 is 1.46. The molecule has 0 aliphatic rings. The van der Waals surface area contributed by atoms with E-state index in [1.165, 1.54) is 18.3 Å². The van der Waals surface area contributed by atoms with Crippen molar-refractivity contribution in [3.05, 3.63) is 21.9 Å². The van der Waals surface area contributed by atoms with Gasteiger partial charge in [0, 0.05) is 22.7 Å². The molecule has 0 aliphatic carbocycles. The Hall–Kier alpha value is -1.40. The Labute approximate surface area is 91.7 Å². The summed E-state index contributed by atoms with van der Waals surface area (Å²) in [5.41, 5.74) is 8.62. The second-order valence-electron chi connectivity index (χ2n) is 3.08. The predicted octanol–water partition coefficient (Wildman–Crippen LogP) is 1.16. The van der Waals surface area contributed by atoms with E-state index in [4.69, 9.17) is 11.1 Å². The van der Waals surface area contributed by atoms with Gasteiger partial charge in [0.1, 0.15) is 5.84 Å². The fraction of sp³-hybridized carbons (Fsp3) is 0.333. The highest BCUT2D eigenvalue weighted by Crippen LogP contribution is 2.21. The molecule has 0 amide bonds. The second kappa shape index (κ2) is 4.90. The van der Waals surface area contributed by atoms with Gasteiger partial charge in [-0.05, 0) is 13.0 Å². The van der Waals surface area contributed by atoms with Crippen molar-refractivity contribution in [1.29, 1.82) is 5.41 Å². The number of carbonyl (C=O) groups excluding carboxylic acids is 1. The zero-order chi connectivity index (χ0) is 11.4. The van der Waals surface area contributed by atoms with Crippen molar-refractivity contribution in [3.63, 3.8) is 0 Å². The normalized spacial score (nSPS) is 12.1. The number of nitrogen functional groups attached to an aromatic ring is 1. The molecule has 0 fully saturated rings. The highest BCUT2D eigenvalue weighted by Gasteiger charge is 2.10. The summed E-state index contributed by atoms with van der Waals surface area (Å²) in [6.45, 7) is 3.19. The molecule has 0 radical (unpaired) electrons. The molecule has 1 heterocycles. The molecule has 1 unspecified atom stereocenters. The van der Waals surface area contributed by atoms with Gasteiger partial charge in [0.15, 0.2) is 0 Å². The maximum absolute atomic E-state index is 10.6. The number of nitrogens with two attached hydrogens (primary N) is 1. The van der Waals surface area contributed by atoms with Crippen LogP contribution < -0.4 is 11.2 Å². The summed E-state index contributed by atoms with van der Waals surface area (Å²) in [7, 11) is 0. The van der Waals surface area contributed by atoms with Crippen LogP contribution in [0.25, 0.3) is 0 Å². The zero-order valence-corrected chi connectivity index (χ0v) is 9.35. The molecule has 0 aromatic carbocycles. The topological polar surface area (TPSA) is 88.2 Å². The summed E-state index contributed by atoms with van der Waals surface area (Å²) in [6.07, 6.45) is 0. The molecule has 82 valence electrons. The molecule has 1 aromatic heterocycles. The molecule has 1 aromatic rings. The van der Waals surface area contributed by atoms with Gasteiger partial charge in [-0.2, -0.15) is 0 Å². The Bertz CT molecular complexity index is 375. The van der Waals surface area contributed by atoms with Crippen LogP contribution in [0, 0.1) is 5.41 Å². The third kappa shape index (κ3) is 3.34. The molecular formula is C9H13N3O2S. The third-order valence-electron chi connectivity index (χ3n) is 1.74. The minimum atomic E-state index is -0.384. The summed E-state index contributed by atoms with van der Waals surface area (Å²) in [4.78, 5) is 16.2. The molecule has 4 N–H and O–H groups in total. The average molecular weight is 227 g/mol. The molecule has 0 spiro atoms. The number of carbonyl (C=O) groups is 1. The van der Waals surface area contributed by atoms with Crippen LogP contribution in [0.2, 0.25) is 0 Å². The van der Waals surface area contributed by atoms with Gasteiger partial charge < -0.3 is 10.6 Å². The number of hydroxylamine groups is 1. The fourth-order valence-electron chi connectivity index (χ4n) is 0.951. The van der Waals surface area contributed by atoms with Crippen molar-refractivity contribution in [2.45, 2.75) is 19.9 Å². The number of nitrogens with one attached hydrogen (secondary N) is 2. The first kappa shape index (κ1) is 11.7. The van der Waals surface area contributed by atoms with Crippen LogP contribution >= 0.6 is 11.3 Å². The van der Waals surface area contributed by atoms with E-state index in [9.17, 15) is 4.79 Å². The number of hydrogen-bond acceptors (Lipinski definition) is 5. The third-order valence-corrected chi connectivity index (χ3v) is 2.85. The Morgan fingerprint density at radius 3 is 2.87 bits per heavy atom. The van der Waals surface area contributed by atoms with Gasteiger partial charge in [0.25, 0.3) is 0 Å². The van der Waals surface area contributed by atoms with Crippen molar-refractivity contribution in [1.82, 2.24) is 5.48 Å². The van der Waals surface area contributed by atoms with E-state index in [1.54, 1.807) is 11.4 Å². The van der Waals surface area contributed by atoms with Gasteiger partial charge in [-0.1, -0.05) is 0 Å². The lowest BCUT2D eigenvalue weighted by Crippen LogP contribution is -2.21. The maximum atomic E-state index is 10.6. The van der Waals surface area contributed by atoms with Gasteiger partial charge in [-0.25, -0.2) is 0 Å². The molecule has 6 heteroatoms. The van der Waals surface area contributed by atoms with Crippen LogP contribution in [-0.4, -0.2) is 11.8 Å². The van der Waals surface area contributed by atoms with Crippen LogP contribution in [0.1, 0.15) is 30.3 Å². The van der Waals surface area contributed by atoms with E-state index in [2.05, 4.69) is 10.3 Å². The van der Waals surface area contributed by atoms with Gasteiger partial charge >= 0.3 is 5.97 Å². The molecule has 0 aliphatic heterocycles. The summed E-state index contributed by atoms with van der Waals surface area (Å²) < 4.78 is 0. The van der Waals surface area contributed by atoms with Crippen molar-refractivity contribution in [3.8, 4) is 0 Å². The SMILES string of the molecule is CC(=O)ONC(C)c1cc(C(=N)N)cs1. The Balaban J connectivity index is 2.61. The fourth-order valence-corrected chi connectivity index (χ4v) is 1.86. The first-order valence-electron chi connectivity index (χ1n) is 4.36. The monoisotopic (exact) mass is 227 g/mol. The van der Waals surface area contributed by atoms with E-state index in [-0.39, 0.29) is 17.8 Å². The molecule has 0 saturated carbocycles.